The summed E-state index contributed by atoms with van der Waals surface area (Å²) < 4.78 is 33.9. The molecule has 38 heavy (non-hydrogen) atoms. The van der Waals surface area contributed by atoms with Gasteiger partial charge in [0, 0.05) is 30.6 Å². The van der Waals surface area contributed by atoms with Crippen molar-refractivity contribution < 1.29 is 24.5 Å². The third-order valence-corrected chi connectivity index (χ3v) is 6.37. The molecule has 0 aliphatic heterocycles. The fourth-order valence-corrected chi connectivity index (χ4v) is 4.56. The normalized spacial score (nSPS) is 13.0. The number of carbonyl (C=O) groups excluding carboxylic acids is 1. The molecule has 0 spiro atoms. The Balaban J connectivity index is 0.00000533. The van der Waals surface area contributed by atoms with Crippen LogP contribution in [-0.2, 0) is 15.8 Å². The minimum atomic E-state index is -2.42. The van der Waals surface area contributed by atoms with E-state index in [9.17, 15) is 13.6 Å². The van der Waals surface area contributed by atoms with Gasteiger partial charge in [-0.2, -0.15) is 4.98 Å². The Bertz CT molecular complexity index is 1280. The molecule has 3 aromatic rings. The first-order chi connectivity index (χ1) is 18.0. The predicted molar refractivity (Wildman–Crippen MR) is 149 cm³/mol. The van der Waals surface area contributed by atoms with E-state index >= 15 is 0 Å². The lowest BCUT2D eigenvalue weighted by Gasteiger charge is -2.27. The van der Waals surface area contributed by atoms with Crippen LogP contribution in [0.2, 0.25) is 0 Å². The van der Waals surface area contributed by atoms with Gasteiger partial charge in [-0.1, -0.05) is 45.0 Å². The summed E-state index contributed by atoms with van der Waals surface area (Å²) in [7, 11) is 1.57. The van der Waals surface area contributed by atoms with Crippen molar-refractivity contribution in [1.29, 1.82) is 0 Å². The summed E-state index contributed by atoms with van der Waals surface area (Å²) in [5.74, 6) is 0.338. The van der Waals surface area contributed by atoms with Gasteiger partial charge in [0.25, 0.3) is 5.91 Å². The molecule has 2 atom stereocenters. The quantitative estimate of drug-likeness (QED) is 0.260. The average Bonchev–Trinajstić information content (AvgIpc) is 2.85. The summed E-state index contributed by atoms with van der Waals surface area (Å²) in [6.45, 7) is 10.7. The molecule has 0 radical (unpaired) electrons. The van der Waals surface area contributed by atoms with Crippen molar-refractivity contribution in [1.82, 2.24) is 15.3 Å². The Labute approximate surface area is 228 Å². The molecule has 9 nitrogen and oxygen atoms in total. The smallest absolute Gasteiger partial charge is 0.251 e. The maximum atomic E-state index is 13.0. The molecule has 10 heteroatoms. The Kier molecular flexibility index (Phi) is 9.96. The topological polar surface area (TPSA) is 125 Å². The van der Waals surface area contributed by atoms with Crippen molar-refractivity contribution in [3.63, 3.8) is 0 Å². The molecule has 0 saturated carbocycles. The number of nitrogens with zero attached hydrogens (tertiary/aromatic N) is 2. The number of anilines is 1. The zero-order valence-corrected chi connectivity index (χ0v) is 23.5. The van der Waals surface area contributed by atoms with Gasteiger partial charge in [-0.15, -0.1) is 0 Å². The van der Waals surface area contributed by atoms with Crippen LogP contribution in [0.5, 0.6) is 5.88 Å². The zero-order chi connectivity index (χ0) is 27.9. The van der Waals surface area contributed by atoms with E-state index in [2.05, 4.69) is 41.4 Å². The summed E-state index contributed by atoms with van der Waals surface area (Å²) in [6, 6.07) is 13.4. The van der Waals surface area contributed by atoms with Crippen molar-refractivity contribution in [2.24, 2.45) is 5.41 Å². The molecular weight excluding hydrogens is 504 g/mol. The second-order valence-electron chi connectivity index (χ2n) is 10.3. The number of hydrogen-bond acceptors (Lipinski definition) is 8. The highest BCUT2D eigenvalue weighted by atomic mass is 32.2. The summed E-state index contributed by atoms with van der Waals surface area (Å²) in [4.78, 5) is 22.2. The Morgan fingerprint density at radius 3 is 2.42 bits per heavy atom. The van der Waals surface area contributed by atoms with E-state index < -0.39 is 11.1 Å². The summed E-state index contributed by atoms with van der Waals surface area (Å²) in [5.41, 5.74) is 4.01. The van der Waals surface area contributed by atoms with Gasteiger partial charge in [0.2, 0.25) is 11.8 Å². The van der Waals surface area contributed by atoms with Crippen LogP contribution < -0.4 is 15.4 Å². The molecule has 2 N–H and O–H groups in total. The Hall–Kier alpha value is -3.34. The van der Waals surface area contributed by atoms with E-state index in [0.29, 0.717) is 23.9 Å². The largest absolute Gasteiger partial charge is 0.768 e. The van der Waals surface area contributed by atoms with Crippen molar-refractivity contribution in [2.75, 3.05) is 25.8 Å². The molecule has 206 valence electrons. The first kappa shape index (κ1) is 29.2. The van der Waals surface area contributed by atoms with Gasteiger partial charge in [-0.3, -0.25) is 9.00 Å². The number of methoxy groups -OCH3 is 1. The average molecular weight is 542 g/mol. The van der Waals surface area contributed by atoms with Gasteiger partial charge in [0.15, 0.2) is 0 Å². The molecule has 0 saturated heterocycles. The van der Waals surface area contributed by atoms with Crippen LogP contribution >= 0.6 is 0 Å². The van der Waals surface area contributed by atoms with Gasteiger partial charge >= 0.3 is 0 Å². The van der Waals surface area contributed by atoms with Crippen LogP contribution in [0.15, 0.2) is 53.4 Å². The minimum Gasteiger partial charge on any atom is -0.768 e. The molecule has 0 bridgehead atoms. The highest BCUT2D eigenvalue weighted by Gasteiger charge is 2.23. The van der Waals surface area contributed by atoms with E-state index in [1.807, 2.05) is 32.0 Å². The maximum Gasteiger partial charge on any atom is 0.251 e. The number of rotatable bonds is 11. The molecule has 1 aromatic heterocycles. The molecule has 1 unspecified atom stereocenters. The van der Waals surface area contributed by atoms with E-state index in [1.54, 1.807) is 25.3 Å². The van der Waals surface area contributed by atoms with Crippen LogP contribution in [0.25, 0.3) is 11.3 Å². The lowest BCUT2D eigenvalue weighted by atomic mass is 9.88. The van der Waals surface area contributed by atoms with Crippen molar-refractivity contribution in [2.45, 2.75) is 52.0 Å². The number of carbonyl (C=O) groups is 1. The SMILES string of the molecule is COCNc1nc(OC[C@@H](CC(C)(C)C)NC(=O)c2cccc(S(=O)[O-])c2)cc(-c2c(C)cccc2C)n1.[HH]. The standard InChI is InChI=1S/C28H36N4O5S.H2/c1-18-9-7-10-19(2)25(18)23-14-24(32-27(31-23)29-17-36-6)37-16-21(15-28(3,4)5)30-26(33)20-11-8-12-22(13-20)38(34)35;/h7-14,21H,15-17H2,1-6H3,(H,30,33)(H,34,35)(H,29,31,32);1H/p-1/t21-;/m1./s1. The zero-order valence-electron chi connectivity index (χ0n) is 22.7. The summed E-state index contributed by atoms with van der Waals surface area (Å²) >= 11 is -2.42. The molecule has 0 fully saturated rings. The molecule has 1 amide bonds. The third kappa shape index (κ3) is 8.34. The number of ether oxygens (including phenoxy) is 2. The van der Waals surface area contributed by atoms with Crippen LogP contribution in [0.4, 0.5) is 5.95 Å². The van der Waals surface area contributed by atoms with Crippen LogP contribution in [0, 0.1) is 19.3 Å². The first-order valence-electron chi connectivity index (χ1n) is 12.3. The maximum absolute atomic E-state index is 13.0. The second kappa shape index (κ2) is 12.9. The number of nitrogens with one attached hydrogen (secondary N) is 2. The van der Waals surface area contributed by atoms with E-state index in [4.69, 9.17) is 9.47 Å². The number of aryl methyl sites for hydroxylation is 2. The van der Waals surface area contributed by atoms with Crippen molar-refractivity contribution in [3.05, 3.63) is 65.2 Å². The van der Waals surface area contributed by atoms with Gasteiger partial charge in [0.05, 0.1) is 11.7 Å². The van der Waals surface area contributed by atoms with Crippen LogP contribution in [0.1, 0.15) is 50.1 Å². The van der Waals surface area contributed by atoms with E-state index in [0.717, 1.165) is 16.7 Å². The fourth-order valence-electron chi connectivity index (χ4n) is 4.15. The number of benzene rings is 2. The van der Waals surface area contributed by atoms with Gasteiger partial charge in [0.1, 0.15) is 13.3 Å². The number of aromatic nitrogens is 2. The molecule has 0 aliphatic rings. The fraction of sp³-hybridized carbons (Fsp3) is 0.393. The highest BCUT2D eigenvalue weighted by Crippen LogP contribution is 2.29. The number of amides is 1. The van der Waals surface area contributed by atoms with Crippen molar-refractivity contribution in [3.8, 4) is 17.1 Å². The lowest BCUT2D eigenvalue weighted by molar-refractivity contribution is 0.0903. The van der Waals surface area contributed by atoms with Crippen LogP contribution in [-0.4, -0.2) is 51.1 Å². The molecular formula is C28H37N4O5S-. The molecule has 1 heterocycles. The second-order valence-corrected chi connectivity index (χ2v) is 11.2. The molecule has 3 rings (SSSR count). The Morgan fingerprint density at radius 2 is 1.79 bits per heavy atom. The van der Waals surface area contributed by atoms with E-state index in [1.165, 1.54) is 12.1 Å². The Morgan fingerprint density at radius 1 is 1.11 bits per heavy atom. The van der Waals surface area contributed by atoms with Crippen molar-refractivity contribution >= 4 is 22.9 Å². The predicted octanol–water partition coefficient (Wildman–Crippen LogP) is 4.87. The van der Waals surface area contributed by atoms with Gasteiger partial charge in [-0.05, 0) is 66.1 Å². The lowest BCUT2D eigenvalue weighted by Crippen LogP contribution is -2.41. The molecule has 0 aliphatic carbocycles. The summed E-state index contributed by atoms with van der Waals surface area (Å²) in [5, 5.41) is 6.03. The molecule has 2 aromatic carbocycles. The highest BCUT2D eigenvalue weighted by molar-refractivity contribution is 7.79. The monoisotopic (exact) mass is 541 g/mol. The van der Waals surface area contributed by atoms with Gasteiger partial charge in [-0.25, -0.2) is 4.98 Å². The number of hydrogen-bond donors (Lipinski definition) is 2. The van der Waals surface area contributed by atoms with Gasteiger partial charge < -0.3 is 24.7 Å². The van der Waals surface area contributed by atoms with E-state index in [-0.39, 0.29) is 42.6 Å². The first-order valence-corrected chi connectivity index (χ1v) is 13.4. The minimum absolute atomic E-state index is 0. The third-order valence-electron chi connectivity index (χ3n) is 5.73. The van der Waals surface area contributed by atoms with Crippen LogP contribution in [0.3, 0.4) is 0 Å². The summed E-state index contributed by atoms with van der Waals surface area (Å²) in [6.07, 6.45) is 0.621.